The Hall–Kier alpha value is -1.76. The Morgan fingerprint density at radius 3 is 2.62 bits per heavy atom. The molecule has 1 saturated heterocycles. The number of thiazole rings is 1. The van der Waals surface area contributed by atoms with E-state index in [-0.39, 0.29) is 23.2 Å². The van der Waals surface area contributed by atoms with Crippen molar-refractivity contribution >= 4 is 29.1 Å². The standard InChI is InChI=1S/C14H16N2O4S/c1-8-11(12(18)19)21-9(15-8)7-16-10(17)6-14(13(16)20)4-2-3-5-14/h2-7H2,1H3,(H,18,19). The molecule has 0 bridgehead atoms. The maximum Gasteiger partial charge on any atom is 0.347 e. The molecule has 21 heavy (non-hydrogen) atoms. The van der Waals surface area contributed by atoms with Crippen LogP contribution in [0.2, 0.25) is 0 Å². The van der Waals surface area contributed by atoms with Crippen LogP contribution >= 0.6 is 11.3 Å². The predicted molar refractivity (Wildman–Crippen MR) is 74.9 cm³/mol. The minimum absolute atomic E-state index is 0.0954. The third-order valence-corrected chi connectivity index (χ3v) is 5.51. The molecule has 1 aliphatic carbocycles. The Labute approximate surface area is 125 Å². The zero-order valence-electron chi connectivity index (χ0n) is 11.7. The number of aromatic carboxylic acids is 1. The summed E-state index contributed by atoms with van der Waals surface area (Å²) >= 11 is 1.03. The summed E-state index contributed by atoms with van der Waals surface area (Å²) in [5, 5.41) is 9.54. The molecule has 0 unspecified atom stereocenters. The largest absolute Gasteiger partial charge is 0.477 e. The number of aromatic nitrogens is 1. The van der Waals surface area contributed by atoms with Gasteiger partial charge in [0.2, 0.25) is 11.8 Å². The van der Waals surface area contributed by atoms with Crippen molar-refractivity contribution in [2.75, 3.05) is 0 Å². The van der Waals surface area contributed by atoms with Gasteiger partial charge in [-0.3, -0.25) is 14.5 Å². The van der Waals surface area contributed by atoms with Crippen LogP contribution in [0.5, 0.6) is 0 Å². The number of rotatable bonds is 3. The summed E-state index contributed by atoms with van der Waals surface area (Å²) in [4.78, 5) is 41.3. The van der Waals surface area contributed by atoms with Crippen LogP contribution < -0.4 is 0 Å². The molecule has 1 aromatic rings. The third-order valence-electron chi connectivity index (χ3n) is 4.38. The molecule has 0 aromatic carbocycles. The molecule has 1 spiro atoms. The lowest BCUT2D eigenvalue weighted by atomic mass is 9.84. The second kappa shape index (κ2) is 4.91. The van der Waals surface area contributed by atoms with Gasteiger partial charge in [0.1, 0.15) is 9.88 Å². The van der Waals surface area contributed by atoms with E-state index in [1.54, 1.807) is 6.92 Å². The fourth-order valence-corrected chi connectivity index (χ4v) is 4.21. The van der Waals surface area contributed by atoms with Crippen molar-refractivity contribution in [1.82, 2.24) is 9.88 Å². The van der Waals surface area contributed by atoms with Crippen LogP contribution in [0, 0.1) is 12.3 Å². The van der Waals surface area contributed by atoms with Gasteiger partial charge in [-0.25, -0.2) is 9.78 Å². The Morgan fingerprint density at radius 1 is 1.38 bits per heavy atom. The number of carbonyl (C=O) groups is 3. The maximum atomic E-state index is 12.5. The summed E-state index contributed by atoms with van der Waals surface area (Å²) in [5.41, 5.74) is -0.0591. The summed E-state index contributed by atoms with van der Waals surface area (Å²) in [6, 6.07) is 0. The van der Waals surface area contributed by atoms with E-state index in [0.29, 0.717) is 17.1 Å². The Bertz CT molecular complexity index is 631. The Morgan fingerprint density at radius 2 is 2.05 bits per heavy atom. The molecule has 7 heteroatoms. The quantitative estimate of drug-likeness (QED) is 0.863. The van der Waals surface area contributed by atoms with Crippen molar-refractivity contribution in [3.63, 3.8) is 0 Å². The average molecular weight is 308 g/mol. The molecule has 2 aliphatic rings. The maximum absolute atomic E-state index is 12.5. The zero-order chi connectivity index (χ0) is 15.2. The third kappa shape index (κ3) is 2.25. The lowest BCUT2D eigenvalue weighted by molar-refractivity contribution is -0.142. The normalized spacial score (nSPS) is 20.7. The van der Waals surface area contributed by atoms with E-state index in [0.717, 1.165) is 37.0 Å². The van der Waals surface area contributed by atoms with Gasteiger partial charge >= 0.3 is 5.97 Å². The van der Waals surface area contributed by atoms with Crippen molar-refractivity contribution in [1.29, 1.82) is 0 Å². The molecule has 1 N–H and O–H groups in total. The molecule has 3 rings (SSSR count). The summed E-state index contributed by atoms with van der Waals surface area (Å²) in [6.45, 7) is 1.72. The number of aryl methyl sites for hydroxylation is 1. The van der Waals surface area contributed by atoms with E-state index in [2.05, 4.69) is 4.98 Å². The van der Waals surface area contributed by atoms with E-state index < -0.39 is 11.4 Å². The minimum atomic E-state index is -1.03. The number of amides is 2. The highest BCUT2D eigenvalue weighted by molar-refractivity contribution is 7.13. The summed E-state index contributed by atoms with van der Waals surface area (Å²) in [6.07, 6.45) is 3.84. The van der Waals surface area contributed by atoms with Gasteiger partial charge in [-0.15, -0.1) is 11.3 Å². The monoisotopic (exact) mass is 308 g/mol. The smallest absolute Gasteiger partial charge is 0.347 e. The first-order valence-corrected chi connectivity index (χ1v) is 7.79. The molecule has 1 aliphatic heterocycles. The molecule has 2 fully saturated rings. The average Bonchev–Trinajstić information content (AvgIpc) is 3.07. The predicted octanol–water partition coefficient (Wildman–Crippen LogP) is 1.97. The van der Waals surface area contributed by atoms with Gasteiger partial charge in [0.05, 0.1) is 17.7 Å². The van der Waals surface area contributed by atoms with Crippen LogP contribution in [0.4, 0.5) is 0 Å². The van der Waals surface area contributed by atoms with Crippen molar-refractivity contribution in [2.24, 2.45) is 5.41 Å². The number of imide groups is 1. The Kier molecular flexibility index (Phi) is 3.32. The highest BCUT2D eigenvalue weighted by Crippen LogP contribution is 2.47. The van der Waals surface area contributed by atoms with Gasteiger partial charge in [0, 0.05) is 6.42 Å². The lowest BCUT2D eigenvalue weighted by Crippen LogP contribution is -2.33. The SMILES string of the molecule is Cc1nc(CN2C(=O)CC3(CCCC3)C2=O)sc1C(=O)O. The van der Waals surface area contributed by atoms with Crippen LogP contribution in [-0.4, -0.2) is 32.8 Å². The van der Waals surface area contributed by atoms with Crippen molar-refractivity contribution in [2.45, 2.75) is 45.6 Å². The van der Waals surface area contributed by atoms with E-state index in [4.69, 9.17) is 5.11 Å². The van der Waals surface area contributed by atoms with Gasteiger partial charge in [0.25, 0.3) is 0 Å². The molecule has 112 valence electrons. The first-order chi connectivity index (χ1) is 9.93. The number of hydrogen-bond donors (Lipinski definition) is 1. The number of likely N-dealkylation sites (tertiary alicyclic amines) is 1. The fraction of sp³-hybridized carbons (Fsp3) is 0.571. The van der Waals surface area contributed by atoms with Crippen molar-refractivity contribution < 1.29 is 19.5 Å². The highest BCUT2D eigenvalue weighted by atomic mass is 32.1. The van der Waals surface area contributed by atoms with E-state index >= 15 is 0 Å². The minimum Gasteiger partial charge on any atom is -0.477 e. The van der Waals surface area contributed by atoms with Crippen molar-refractivity contribution in [3.05, 3.63) is 15.6 Å². The van der Waals surface area contributed by atoms with E-state index in [1.165, 1.54) is 4.90 Å². The molecular weight excluding hydrogens is 292 g/mol. The topological polar surface area (TPSA) is 87.6 Å². The van der Waals surface area contributed by atoms with E-state index in [1.807, 2.05) is 0 Å². The van der Waals surface area contributed by atoms with Gasteiger partial charge in [-0.05, 0) is 19.8 Å². The molecule has 0 radical (unpaired) electrons. The van der Waals surface area contributed by atoms with Crippen LogP contribution in [0.15, 0.2) is 0 Å². The number of hydrogen-bond acceptors (Lipinski definition) is 5. The number of carboxylic acids is 1. The highest BCUT2D eigenvalue weighted by Gasteiger charge is 2.52. The van der Waals surface area contributed by atoms with Gasteiger partial charge < -0.3 is 5.11 Å². The molecule has 2 heterocycles. The van der Waals surface area contributed by atoms with Gasteiger partial charge in [-0.1, -0.05) is 12.8 Å². The van der Waals surface area contributed by atoms with Gasteiger partial charge in [0.15, 0.2) is 0 Å². The van der Waals surface area contributed by atoms with Crippen LogP contribution in [-0.2, 0) is 16.1 Å². The summed E-state index contributed by atoms with van der Waals surface area (Å²) in [5.74, 6) is -1.29. The number of carbonyl (C=O) groups excluding carboxylic acids is 2. The molecule has 2 amide bonds. The fourth-order valence-electron chi connectivity index (χ4n) is 3.32. The first kappa shape index (κ1) is 14.2. The first-order valence-electron chi connectivity index (χ1n) is 6.97. The zero-order valence-corrected chi connectivity index (χ0v) is 12.5. The molecule has 0 atom stereocenters. The lowest BCUT2D eigenvalue weighted by Gasteiger charge is -2.20. The van der Waals surface area contributed by atoms with Crippen LogP contribution in [0.3, 0.4) is 0 Å². The second-order valence-corrected chi connectivity index (χ2v) is 6.86. The number of carboxylic acid groups (broad SMARTS) is 1. The van der Waals surface area contributed by atoms with Crippen LogP contribution in [0.1, 0.15) is 52.5 Å². The molecular formula is C14H16N2O4S. The summed E-state index contributed by atoms with van der Waals surface area (Å²) < 4.78 is 0. The molecule has 6 nitrogen and oxygen atoms in total. The molecule has 1 aromatic heterocycles. The molecule has 1 saturated carbocycles. The number of nitrogens with zero attached hydrogens (tertiary/aromatic N) is 2. The van der Waals surface area contributed by atoms with Gasteiger partial charge in [-0.2, -0.15) is 0 Å². The Balaban J connectivity index is 1.82. The summed E-state index contributed by atoms with van der Waals surface area (Å²) in [7, 11) is 0. The van der Waals surface area contributed by atoms with Crippen molar-refractivity contribution in [3.8, 4) is 0 Å². The van der Waals surface area contributed by atoms with Crippen LogP contribution in [0.25, 0.3) is 0 Å². The van der Waals surface area contributed by atoms with E-state index in [9.17, 15) is 14.4 Å². The second-order valence-electron chi connectivity index (χ2n) is 5.78.